The molecule has 0 unspecified atom stereocenters. The molecule has 0 fully saturated rings. The number of halogens is 1. The van der Waals surface area contributed by atoms with Crippen LogP contribution >= 0.6 is 27.3 Å². The van der Waals surface area contributed by atoms with Gasteiger partial charge in [0.1, 0.15) is 0 Å². The van der Waals surface area contributed by atoms with Gasteiger partial charge < -0.3 is 5.32 Å². The molecule has 2 heterocycles. The fourth-order valence-electron chi connectivity index (χ4n) is 1.41. The molecule has 0 saturated heterocycles. The Hall–Kier alpha value is -0.910. The van der Waals surface area contributed by atoms with Crippen LogP contribution in [-0.2, 0) is 6.54 Å². The second-order valence-corrected chi connectivity index (χ2v) is 5.44. The molecule has 0 radical (unpaired) electrons. The van der Waals surface area contributed by atoms with Gasteiger partial charge in [-0.3, -0.25) is 5.10 Å². The lowest BCUT2D eigenvalue weighted by Crippen LogP contribution is -2.14. The third kappa shape index (κ3) is 2.81. The van der Waals surface area contributed by atoms with Gasteiger partial charge in [-0.15, -0.1) is 11.3 Å². The number of hydrogen-bond donors (Lipinski definition) is 2. The molecule has 2 rings (SSSR count). The molecule has 0 saturated carbocycles. The minimum absolute atomic E-state index is 0.759. The normalized spacial score (nSPS) is 10.6. The first-order valence-electron chi connectivity index (χ1n) is 4.87. The van der Waals surface area contributed by atoms with E-state index in [1.165, 1.54) is 10.4 Å². The average molecular weight is 298 g/mol. The summed E-state index contributed by atoms with van der Waals surface area (Å²) in [7, 11) is 0. The Morgan fingerprint density at radius 3 is 3.19 bits per heavy atom. The predicted octanol–water partition coefficient (Wildman–Crippen LogP) is 3.14. The molecule has 0 aliphatic carbocycles. The zero-order valence-electron chi connectivity index (χ0n) is 8.66. The Bertz CT molecular complexity index is 461. The number of nitrogens with one attached hydrogen (secondary N) is 2. The van der Waals surface area contributed by atoms with E-state index in [9.17, 15) is 0 Å². The van der Waals surface area contributed by atoms with Crippen molar-refractivity contribution in [2.75, 3.05) is 6.54 Å². The average Bonchev–Trinajstić information content (AvgIpc) is 2.84. The van der Waals surface area contributed by atoms with Crippen LogP contribution in [0.5, 0.6) is 0 Å². The zero-order valence-corrected chi connectivity index (χ0v) is 11.1. The lowest BCUT2D eigenvalue weighted by Gasteiger charge is -2.03. The highest BCUT2D eigenvalue weighted by molar-refractivity contribution is 9.11. The van der Waals surface area contributed by atoms with Crippen molar-refractivity contribution in [3.8, 4) is 10.6 Å². The maximum Gasteiger partial charge on any atom is 0.0794 e. The summed E-state index contributed by atoms with van der Waals surface area (Å²) in [6.07, 6.45) is 1.86. The summed E-state index contributed by atoms with van der Waals surface area (Å²) in [4.78, 5) is 1.21. The predicted molar refractivity (Wildman–Crippen MR) is 71.7 cm³/mol. The number of nitrogens with zero attached hydrogens (tertiary/aromatic N) is 1. The molecule has 0 aromatic carbocycles. The van der Waals surface area contributed by atoms with Gasteiger partial charge in [0.2, 0.25) is 0 Å². The van der Waals surface area contributed by atoms with Gasteiger partial charge in [-0.2, -0.15) is 5.10 Å². The monoisotopic (exact) mass is 297 g/mol. The highest BCUT2D eigenvalue weighted by Crippen LogP contribution is 2.25. The Kier molecular flexibility index (Phi) is 3.93. The Morgan fingerprint density at radius 2 is 2.50 bits per heavy atom. The minimum Gasteiger partial charge on any atom is -0.308 e. The number of rotatable bonds is 5. The van der Waals surface area contributed by atoms with Crippen LogP contribution in [0.1, 0.15) is 5.56 Å². The number of thiophene rings is 1. The van der Waals surface area contributed by atoms with Crippen LogP contribution in [0.25, 0.3) is 10.6 Å². The molecule has 2 N–H and O–H groups in total. The molecule has 84 valence electrons. The number of hydrogen-bond acceptors (Lipinski definition) is 3. The van der Waals surface area contributed by atoms with Crippen LogP contribution in [0, 0.1) is 0 Å². The van der Waals surface area contributed by atoms with Gasteiger partial charge in [-0.05, 0) is 11.4 Å². The summed E-state index contributed by atoms with van der Waals surface area (Å²) < 4.78 is 0.952. The second kappa shape index (κ2) is 5.43. The Morgan fingerprint density at radius 1 is 1.62 bits per heavy atom. The third-order valence-corrected chi connectivity index (χ3v) is 3.29. The molecule has 0 bridgehead atoms. The van der Waals surface area contributed by atoms with Gasteiger partial charge in [0.15, 0.2) is 0 Å². The summed E-state index contributed by atoms with van der Waals surface area (Å²) in [6, 6.07) is 4.13. The van der Waals surface area contributed by atoms with E-state index < -0.39 is 0 Å². The highest BCUT2D eigenvalue weighted by atomic mass is 79.9. The topological polar surface area (TPSA) is 40.7 Å². The highest BCUT2D eigenvalue weighted by Gasteiger charge is 2.07. The minimum atomic E-state index is 0.759. The molecule has 0 spiro atoms. The lowest BCUT2D eigenvalue weighted by atomic mass is 10.2. The first-order chi connectivity index (χ1) is 7.77. The summed E-state index contributed by atoms with van der Waals surface area (Å²) in [5, 5.41) is 12.5. The molecule has 2 aromatic heterocycles. The van der Waals surface area contributed by atoms with Gasteiger partial charge in [-0.1, -0.05) is 28.6 Å². The second-order valence-electron chi connectivity index (χ2n) is 3.37. The van der Waals surface area contributed by atoms with Crippen LogP contribution in [0.3, 0.4) is 0 Å². The standard InChI is InChI=1S/C11H12BrN3S/c1-8(12)5-13-6-9-7-14-15-11(9)10-3-2-4-16-10/h2-4,7,13H,1,5-6H2,(H,14,15). The maximum absolute atomic E-state index is 4.08. The van der Waals surface area contributed by atoms with E-state index in [1.54, 1.807) is 11.3 Å². The van der Waals surface area contributed by atoms with Crippen molar-refractivity contribution < 1.29 is 0 Å². The van der Waals surface area contributed by atoms with Crippen LogP contribution in [-0.4, -0.2) is 16.7 Å². The fraction of sp³-hybridized carbons (Fsp3) is 0.182. The van der Waals surface area contributed by atoms with Crippen LogP contribution in [0.15, 0.2) is 34.8 Å². The molecule has 5 heteroatoms. The molecule has 0 aliphatic rings. The Labute approximate surface area is 107 Å². The van der Waals surface area contributed by atoms with Crippen molar-refractivity contribution in [1.82, 2.24) is 15.5 Å². The van der Waals surface area contributed by atoms with E-state index >= 15 is 0 Å². The lowest BCUT2D eigenvalue weighted by molar-refractivity contribution is 0.759. The zero-order chi connectivity index (χ0) is 11.4. The molecular weight excluding hydrogens is 286 g/mol. The van der Waals surface area contributed by atoms with E-state index in [2.05, 4.69) is 49.5 Å². The van der Waals surface area contributed by atoms with Crippen LogP contribution < -0.4 is 5.32 Å². The van der Waals surface area contributed by atoms with Gasteiger partial charge in [0, 0.05) is 23.1 Å². The van der Waals surface area contributed by atoms with Gasteiger partial charge in [0.05, 0.1) is 16.8 Å². The van der Waals surface area contributed by atoms with Crippen molar-refractivity contribution >= 4 is 27.3 Å². The Balaban J connectivity index is 2.05. The summed E-state index contributed by atoms with van der Waals surface area (Å²) >= 11 is 5.03. The van der Waals surface area contributed by atoms with Crippen molar-refractivity contribution in [3.05, 3.63) is 40.3 Å². The molecule has 16 heavy (non-hydrogen) atoms. The van der Waals surface area contributed by atoms with E-state index in [-0.39, 0.29) is 0 Å². The van der Waals surface area contributed by atoms with E-state index in [4.69, 9.17) is 0 Å². The number of aromatic nitrogens is 2. The SMILES string of the molecule is C=C(Br)CNCc1cn[nH]c1-c1cccs1. The van der Waals surface area contributed by atoms with Gasteiger partial charge >= 0.3 is 0 Å². The number of aromatic amines is 1. The third-order valence-electron chi connectivity index (χ3n) is 2.12. The van der Waals surface area contributed by atoms with E-state index in [0.717, 1.165) is 23.3 Å². The van der Waals surface area contributed by atoms with Crippen molar-refractivity contribution in [2.24, 2.45) is 0 Å². The first kappa shape index (κ1) is 11.6. The smallest absolute Gasteiger partial charge is 0.0794 e. The molecule has 0 atom stereocenters. The van der Waals surface area contributed by atoms with Crippen molar-refractivity contribution in [2.45, 2.75) is 6.54 Å². The summed E-state index contributed by atoms with van der Waals surface area (Å²) in [5.41, 5.74) is 2.28. The largest absolute Gasteiger partial charge is 0.308 e. The molecular formula is C11H12BrN3S. The van der Waals surface area contributed by atoms with Gasteiger partial charge in [0.25, 0.3) is 0 Å². The van der Waals surface area contributed by atoms with Crippen LogP contribution in [0.2, 0.25) is 0 Å². The molecule has 2 aromatic rings. The molecule has 0 aliphatic heterocycles. The molecule has 0 amide bonds. The first-order valence-corrected chi connectivity index (χ1v) is 6.55. The quantitative estimate of drug-likeness (QED) is 0.890. The molecule has 3 nitrogen and oxygen atoms in total. The van der Waals surface area contributed by atoms with E-state index in [1.807, 2.05) is 12.3 Å². The summed E-state index contributed by atoms with van der Waals surface area (Å²) in [6.45, 7) is 5.32. The van der Waals surface area contributed by atoms with Crippen molar-refractivity contribution in [3.63, 3.8) is 0 Å². The summed E-state index contributed by atoms with van der Waals surface area (Å²) in [5.74, 6) is 0. The maximum atomic E-state index is 4.08. The van der Waals surface area contributed by atoms with E-state index in [0.29, 0.717) is 0 Å². The van der Waals surface area contributed by atoms with Gasteiger partial charge in [-0.25, -0.2) is 0 Å². The number of H-pyrrole nitrogens is 1. The van der Waals surface area contributed by atoms with Crippen LogP contribution in [0.4, 0.5) is 0 Å². The fourth-order valence-corrected chi connectivity index (χ4v) is 2.37. The van der Waals surface area contributed by atoms with Crippen molar-refractivity contribution in [1.29, 1.82) is 0 Å².